The van der Waals surface area contributed by atoms with Gasteiger partial charge in [-0.25, -0.2) is 0 Å². The lowest BCUT2D eigenvalue weighted by molar-refractivity contribution is 0.646. The third-order valence-corrected chi connectivity index (χ3v) is 3.41. The molecule has 0 spiro atoms. The van der Waals surface area contributed by atoms with Gasteiger partial charge in [0.15, 0.2) is 0 Å². The number of halogens is 1. The van der Waals surface area contributed by atoms with Gasteiger partial charge >= 0.3 is 0 Å². The van der Waals surface area contributed by atoms with E-state index < -0.39 is 0 Å². The van der Waals surface area contributed by atoms with E-state index in [1.165, 1.54) is 16.7 Å². The van der Waals surface area contributed by atoms with Gasteiger partial charge in [-0.3, -0.25) is 0 Å². The van der Waals surface area contributed by atoms with Crippen molar-refractivity contribution in [2.75, 3.05) is 0 Å². The van der Waals surface area contributed by atoms with E-state index in [2.05, 4.69) is 31.2 Å². The number of rotatable bonds is 4. The first-order valence-electron chi connectivity index (χ1n) is 6.29. The van der Waals surface area contributed by atoms with Crippen molar-refractivity contribution in [3.8, 4) is 11.1 Å². The van der Waals surface area contributed by atoms with Gasteiger partial charge in [-0.05, 0) is 41.7 Å². The van der Waals surface area contributed by atoms with E-state index in [4.69, 9.17) is 17.3 Å². The summed E-state index contributed by atoms with van der Waals surface area (Å²) in [5.74, 6) is 0. The second kappa shape index (κ2) is 6.03. The molecular weight excluding hydrogens is 242 g/mol. The summed E-state index contributed by atoms with van der Waals surface area (Å²) in [5, 5.41) is 0.768. The molecule has 1 unspecified atom stereocenters. The molecule has 94 valence electrons. The summed E-state index contributed by atoms with van der Waals surface area (Å²) in [4.78, 5) is 0. The van der Waals surface area contributed by atoms with Crippen LogP contribution in [0.1, 0.15) is 18.9 Å². The Hall–Kier alpha value is -1.31. The second-order valence-electron chi connectivity index (χ2n) is 4.58. The van der Waals surface area contributed by atoms with Crippen LogP contribution in [-0.2, 0) is 6.42 Å². The lowest BCUT2D eigenvalue weighted by Crippen LogP contribution is -2.21. The molecule has 0 aliphatic heterocycles. The van der Waals surface area contributed by atoms with Gasteiger partial charge in [0.05, 0.1) is 0 Å². The van der Waals surface area contributed by atoms with Crippen molar-refractivity contribution < 1.29 is 0 Å². The van der Waals surface area contributed by atoms with E-state index >= 15 is 0 Å². The molecule has 2 heteroatoms. The van der Waals surface area contributed by atoms with E-state index in [1.54, 1.807) is 0 Å². The highest BCUT2D eigenvalue weighted by atomic mass is 35.5. The van der Waals surface area contributed by atoms with Gasteiger partial charge in [-0.2, -0.15) is 0 Å². The van der Waals surface area contributed by atoms with Gasteiger partial charge < -0.3 is 5.73 Å². The number of hydrogen-bond acceptors (Lipinski definition) is 1. The smallest absolute Gasteiger partial charge is 0.0406 e. The quantitative estimate of drug-likeness (QED) is 0.871. The Labute approximate surface area is 114 Å². The number of hydrogen-bond donors (Lipinski definition) is 1. The molecule has 0 saturated carbocycles. The van der Waals surface area contributed by atoms with E-state index in [9.17, 15) is 0 Å². The average Bonchev–Trinajstić information content (AvgIpc) is 2.40. The molecule has 0 fully saturated rings. The Morgan fingerprint density at radius 1 is 0.944 bits per heavy atom. The zero-order valence-corrected chi connectivity index (χ0v) is 11.3. The summed E-state index contributed by atoms with van der Waals surface area (Å²) in [6.07, 6.45) is 1.95. The highest BCUT2D eigenvalue weighted by Gasteiger charge is 2.02. The normalized spacial score (nSPS) is 12.4. The van der Waals surface area contributed by atoms with Crippen LogP contribution in [0.5, 0.6) is 0 Å². The second-order valence-corrected chi connectivity index (χ2v) is 5.01. The fraction of sp³-hybridized carbons (Fsp3) is 0.250. The predicted molar refractivity (Wildman–Crippen MR) is 78.9 cm³/mol. The lowest BCUT2D eigenvalue weighted by Gasteiger charge is -2.09. The molecular formula is C16H18ClN. The van der Waals surface area contributed by atoms with Crippen LogP contribution in [0.2, 0.25) is 5.02 Å². The Bertz CT molecular complexity index is 488. The van der Waals surface area contributed by atoms with Gasteiger partial charge in [0.1, 0.15) is 0 Å². The van der Waals surface area contributed by atoms with Crippen molar-refractivity contribution in [2.45, 2.75) is 25.8 Å². The fourth-order valence-electron chi connectivity index (χ4n) is 1.92. The lowest BCUT2D eigenvalue weighted by atomic mass is 10.0. The molecule has 1 atom stereocenters. The highest BCUT2D eigenvalue weighted by Crippen LogP contribution is 2.22. The van der Waals surface area contributed by atoms with Crippen molar-refractivity contribution in [1.29, 1.82) is 0 Å². The maximum atomic E-state index is 5.96. The maximum absolute atomic E-state index is 5.96. The first kappa shape index (κ1) is 13.1. The van der Waals surface area contributed by atoms with E-state index in [0.29, 0.717) is 0 Å². The minimum atomic E-state index is 0.256. The van der Waals surface area contributed by atoms with Gasteiger partial charge in [-0.1, -0.05) is 54.9 Å². The van der Waals surface area contributed by atoms with Crippen LogP contribution < -0.4 is 5.73 Å². The Kier molecular flexibility index (Phi) is 4.40. The summed E-state index contributed by atoms with van der Waals surface area (Å²) in [6.45, 7) is 2.12. The molecule has 2 aromatic carbocycles. The summed E-state index contributed by atoms with van der Waals surface area (Å²) in [5.41, 5.74) is 9.64. The molecule has 18 heavy (non-hydrogen) atoms. The van der Waals surface area contributed by atoms with E-state index in [-0.39, 0.29) is 6.04 Å². The first-order valence-corrected chi connectivity index (χ1v) is 6.67. The monoisotopic (exact) mass is 259 g/mol. The third kappa shape index (κ3) is 3.34. The Morgan fingerprint density at radius 3 is 1.94 bits per heavy atom. The van der Waals surface area contributed by atoms with Gasteiger partial charge in [0.25, 0.3) is 0 Å². The molecule has 2 rings (SSSR count). The van der Waals surface area contributed by atoms with Crippen LogP contribution in [0.3, 0.4) is 0 Å². The molecule has 0 amide bonds. The van der Waals surface area contributed by atoms with Crippen molar-refractivity contribution in [3.05, 3.63) is 59.1 Å². The highest BCUT2D eigenvalue weighted by molar-refractivity contribution is 6.30. The summed E-state index contributed by atoms with van der Waals surface area (Å²) >= 11 is 5.88. The molecule has 0 aliphatic carbocycles. The van der Waals surface area contributed by atoms with E-state index in [1.807, 2.05) is 24.3 Å². The van der Waals surface area contributed by atoms with E-state index in [0.717, 1.165) is 17.9 Å². The van der Waals surface area contributed by atoms with Crippen LogP contribution in [-0.4, -0.2) is 6.04 Å². The average molecular weight is 260 g/mol. The number of benzene rings is 2. The molecule has 2 aromatic rings. The van der Waals surface area contributed by atoms with Gasteiger partial charge in [-0.15, -0.1) is 0 Å². The molecule has 0 aliphatic rings. The van der Waals surface area contributed by atoms with Crippen molar-refractivity contribution in [1.82, 2.24) is 0 Å². The maximum Gasteiger partial charge on any atom is 0.0406 e. The van der Waals surface area contributed by atoms with Crippen molar-refractivity contribution in [2.24, 2.45) is 5.73 Å². The van der Waals surface area contributed by atoms with Crippen molar-refractivity contribution in [3.63, 3.8) is 0 Å². The molecule has 0 bridgehead atoms. The van der Waals surface area contributed by atoms with Crippen LogP contribution in [0.15, 0.2) is 48.5 Å². The topological polar surface area (TPSA) is 26.0 Å². The van der Waals surface area contributed by atoms with Crippen LogP contribution in [0, 0.1) is 0 Å². The zero-order valence-electron chi connectivity index (χ0n) is 10.6. The molecule has 0 aromatic heterocycles. The summed E-state index contributed by atoms with van der Waals surface area (Å²) in [7, 11) is 0. The SMILES string of the molecule is CCC(N)Cc1ccc(-c2ccc(Cl)cc2)cc1. The zero-order chi connectivity index (χ0) is 13.0. The summed E-state index contributed by atoms with van der Waals surface area (Å²) in [6, 6.07) is 16.7. The molecule has 0 heterocycles. The van der Waals surface area contributed by atoms with Crippen molar-refractivity contribution >= 4 is 11.6 Å². The Morgan fingerprint density at radius 2 is 1.44 bits per heavy atom. The van der Waals surface area contributed by atoms with Crippen LogP contribution in [0.4, 0.5) is 0 Å². The fourth-order valence-corrected chi connectivity index (χ4v) is 2.05. The molecule has 1 nitrogen and oxygen atoms in total. The van der Waals surface area contributed by atoms with Crippen LogP contribution >= 0.6 is 11.6 Å². The largest absolute Gasteiger partial charge is 0.327 e. The molecule has 0 saturated heterocycles. The van der Waals surface area contributed by atoms with Crippen LogP contribution in [0.25, 0.3) is 11.1 Å². The predicted octanol–water partition coefficient (Wildman–Crippen LogP) is 4.29. The summed E-state index contributed by atoms with van der Waals surface area (Å²) < 4.78 is 0. The Balaban J connectivity index is 2.14. The van der Waals surface area contributed by atoms with Gasteiger partial charge in [0, 0.05) is 11.1 Å². The van der Waals surface area contributed by atoms with Gasteiger partial charge in [0.2, 0.25) is 0 Å². The standard InChI is InChI=1S/C16H18ClN/c1-2-16(18)11-12-3-5-13(6-4-12)14-7-9-15(17)10-8-14/h3-10,16H,2,11,18H2,1H3. The number of nitrogens with two attached hydrogens (primary N) is 1. The minimum absolute atomic E-state index is 0.256. The first-order chi connectivity index (χ1) is 8.69. The molecule has 2 N–H and O–H groups in total. The minimum Gasteiger partial charge on any atom is -0.327 e. The molecule has 0 radical (unpaired) electrons. The third-order valence-electron chi connectivity index (χ3n) is 3.15.